The van der Waals surface area contributed by atoms with E-state index in [-0.39, 0.29) is 17.2 Å². The van der Waals surface area contributed by atoms with Gasteiger partial charge in [0.15, 0.2) is 5.17 Å². The molecular weight excluding hydrogens is 266 g/mol. The summed E-state index contributed by atoms with van der Waals surface area (Å²) in [4.78, 5) is 28.6. The number of nitro groups is 1. The maximum absolute atomic E-state index is 12.4. The lowest BCUT2D eigenvalue weighted by Gasteiger charge is -2.16. The molecule has 100 valence electrons. The number of hydrogen-bond acceptors (Lipinski definition) is 5. The average Bonchev–Trinajstić information content (AvgIpc) is 2.85. The van der Waals surface area contributed by atoms with Gasteiger partial charge < -0.3 is 0 Å². The Morgan fingerprint density at radius 2 is 2.26 bits per heavy atom. The summed E-state index contributed by atoms with van der Waals surface area (Å²) in [5, 5.41) is 11.6. The molecule has 7 heteroatoms. The van der Waals surface area contributed by atoms with Crippen molar-refractivity contribution >= 4 is 28.5 Å². The number of amidine groups is 1. The van der Waals surface area contributed by atoms with Crippen LogP contribution in [0, 0.1) is 17.0 Å². The molecule has 1 aromatic rings. The third-order valence-corrected chi connectivity index (χ3v) is 3.52. The van der Waals surface area contributed by atoms with Gasteiger partial charge in [0.05, 0.1) is 11.5 Å². The van der Waals surface area contributed by atoms with Crippen molar-refractivity contribution in [3.8, 4) is 0 Å². The molecule has 0 aromatic heterocycles. The smallest absolute Gasteiger partial charge is 0.282 e. The summed E-state index contributed by atoms with van der Waals surface area (Å²) in [5.74, 6) is -0.360. The lowest BCUT2D eigenvalue weighted by molar-refractivity contribution is -0.385. The van der Waals surface area contributed by atoms with Crippen molar-refractivity contribution in [3.63, 3.8) is 0 Å². The molecule has 1 aliphatic heterocycles. The predicted molar refractivity (Wildman–Crippen MR) is 74.7 cm³/mol. The highest BCUT2D eigenvalue weighted by atomic mass is 32.2. The molecule has 0 bridgehead atoms. The Bertz CT molecular complexity index is 571. The van der Waals surface area contributed by atoms with Gasteiger partial charge in [-0.15, -0.1) is 0 Å². The standard InChI is InChI=1S/C12H13N3O3S/c1-8-3-4-10(15(17)18)9(7-8)11(16)14-6-5-13-12(14)19-2/h3-4,7H,5-6H2,1-2H3. The van der Waals surface area contributed by atoms with Gasteiger partial charge in [-0.1, -0.05) is 17.8 Å². The minimum atomic E-state index is -0.529. The van der Waals surface area contributed by atoms with Gasteiger partial charge in [0, 0.05) is 12.6 Å². The summed E-state index contributed by atoms with van der Waals surface area (Å²) in [5.41, 5.74) is 0.771. The number of nitrogens with zero attached hydrogens (tertiary/aromatic N) is 3. The summed E-state index contributed by atoms with van der Waals surface area (Å²) < 4.78 is 0. The van der Waals surface area contributed by atoms with Crippen LogP contribution in [0.2, 0.25) is 0 Å². The maximum atomic E-state index is 12.4. The summed E-state index contributed by atoms with van der Waals surface area (Å²) in [6, 6.07) is 4.55. The van der Waals surface area contributed by atoms with Crippen LogP contribution in [-0.4, -0.2) is 40.2 Å². The van der Waals surface area contributed by atoms with Crippen molar-refractivity contribution in [2.45, 2.75) is 6.92 Å². The minimum absolute atomic E-state index is 0.119. The summed E-state index contributed by atoms with van der Waals surface area (Å²) in [6.45, 7) is 2.82. The van der Waals surface area contributed by atoms with Crippen LogP contribution < -0.4 is 0 Å². The molecule has 1 amide bonds. The number of rotatable bonds is 2. The fraction of sp³-hybridized carbons (Fsp3) is 0.333. The van der Waals surface area contributed by atoms with Gasteiger partial charge in [0.1, 0.15) is 5.56 Å². The van der Waals surface area contributed by atoms with E-state index >= 15 is 0 Å². The van der Waals surface area contributed by atoms with Crippen molar-refractivity contribution in [3.05, 3.63) is 39.4 Å². The molecule has 0 aliphatic carbocycles. The Morgan fingerprint density at radius 3 is 2.89 bits per heavy atom. The second kappa shape index (κ2) is 5.40. The second-order valence-corrected chi connectivity index (χ2v) is 4.88. The van der Waals surface area contributed by atoms with Gasteiger partial charge in [0.25, 0.3) is 11.6 Å². The second-order valence-electron chi connectivity index (χ2n) is 4.10. The molecule has 6 nitrogen and oxygen atoms in total. The van der Waals surface area contributed by atoms with Gasteiger partial charge >= 0.3 is 0 Å². The van der Waals surface area contributed by atoms with Crippen LogP contribution >= 0.6 is 11.8 Å². The number of carbonyl (C=O) groups excluding carboxylic acids is 1. The number of nitro benzene ring substituents is 1. The Balaban J connectivity index is 2.41. The fourth-order valence-corrected chi connectivity index (χ4v) is 2.53. The zero-order chi connectivity index (χ0) is 14.0. The number of aryl methyl sites for hydroxylation is 1. The first-order valence-corrected chi connectivity index (χ1v) is 6.92. The van der Waals surface area contributed by atoms with Crippen LogP contribution in [0.3, 0.4) is 0 Å². The van der Waals surface area contributed by atoms with E-state index in [4.69, 9.17) is 0 Å². The van der Waals surface area contributed by atoms with Gasteiger partial charge in [-0.3, -0.25) is 24.8 Å². The molecule has 19 heavy (non-hydrogen) atoms. The van der Waals surface area contributed by atoms with Gasteiger partial charge in [-0.2, -0.15) is 0 Å². The molecule has 0 spiro atoms. The van der Waals surface area contributed by atoms with Crippen molar-refractivity contribution < 1.29 is 9.72 Å². The number of thioether (sulfide) groups is 1. The van der Waals surface area contributed by atoms with Crippen molar-refractivity contribution in [2.24, 2.45) is 4.99 Å². The third-order valence-electron chi connectivity index (χ3n) is 2.81. The first kappa shape index (κ1) is 13.5. The molecule has 0 saturated heterocycles. The van der Waals surface area contributed by atoms with Crippen LogP contribution in [0.15, 0.2) is 23.2 Å². The van der Waals surface area contributed by atoms with Gasteiger partial charge in [-0.25, -0.2) is 0 Å². The molecule has 0 radical (unpaired) electrons. The molecule has 0 fully saturated rings. The Labute approximate surface area is 114 Å². The third kappa shape index (κ3) is 2.60. The van der Waals surface area contributed by atoms with Crippen molar-refractivity contribution in [1.29, 1.82) is 0 Å². The summed E-state index contributed by atoms with van der Waals surface area (Å²) >= 11 is 1.37. The quantitative estimate of drug-likeness (QED) is 0.613. The number of hydrogen-bond donors (Lipinski definition) is 0. The fourth-order valence-electron chi connectivity index (χ4n) is 1.92. The van der Waals surface area contributed by atoms with Gasteiger partial charge in [0.2, 0.25) is 0 Å². The topological polar surface area (TPSA) is 75.8 Å². The average molecular weight is 279 g/mol. The number of carbonyl (C=O) groups is 1. The lowest BCUT2D eigenvalue weighted by Crippen LogP contribution is -2.33. The van der Waals surface area contributed by atoms with Crippen molar-refractivity contribution in [1.82, 2.24) is 4.90 Å². The molecule has 1 heterocycles. The lowest BCUT2D eigenvalue weighted by atomic mass is 10.1. The number of aliphatic imine (C=N–C) groups is 1. The zero-order valence-corrected chi connectivity index (χ0v) is 11.4. The summed E-state index contributed by atoms with van der Waals surface area (Å²) in [7, 11) is 0. The highest BCUT2D eigenvalue weighted by Crippen LogP contribution is 2.24. The monoisotopic (exact) mass is 279 g/mol. The molecule has 0 atom stereocenters. The van der Waals surface area contributed by atoms with Crippen LogP contribution in [0.5, 0.6) is 0 Å². The van der Waals surface area contributed by atoms with E-state index in [1.807, 2.05) is 6.26 Å². The van der Waals surface area contributed by atoms with E-state index in [0.29, 0.717) is 18.3 Å². The van der Waals surface area contributed by atoms with Crippen LogP contribution in [-0.2, 0) is 0 Å². The number of benzene rings is 1. The largest absolute Gasteiger partial charge is 0.285 e. The first-order valence-electron chi connectivity index (χ1n) is 5.70. The van der Waals surface area contributed by atoms with E-state index in [2.05, 4.69) is 4.99 Å². The molecule has 1 aromatic carbocycles. The maximum Gasteiger partial charge on any atom is 0.282 e. The van der Waals surface area contributed by atoms with E-state index in [9.17, 15) is 14.9 Å². The molecule has 2 rings (SSSR count). The van der Waals surface area contributed by atoms with Crippen LogP contribution in [0.1, 0.15) is 15.9 Å². The Morgan fingerprint density at radius 1 is 1.53 bits per heavy atom. The minimum Gasteiger partial charge on any atom is -0.285 e. The van der Waals surface area contributed by atoms with E-state index in [1.54, 1.807) is 19.1 Å². The SMILES string of the molecule is CSC1=NCCN1C(=O)c1cc(C)ccc1[N+](=O)[O-]. The van der Waals surface area contributed by atoms with Gasteiger partial charge in [-0.05, 0) is 24.8 Å². The van der Waals surface area contributed by atoms with Crippen LogP contribution in [0.25, 0.3) is 0 Å². The van der Waals surface area contributed by atoms with E-state index in [0.717, 1.165) is 5.56 Å². The Hall–Kier alpha value is -1.89. The molecule has 0 unspecified atom stereocenters. The summed E-state index contributed by atoms with van der Waals surface area (Å²) in [6.07, 6.45) is 1.83. The Kier molecular flexibility index (Phi) is 3.84. The predicted octanol–water partition coefficient (Wildman–Crippen LogP) is 2.08. The first-order chi connectivity index (χ1) is 9.04. The van der Waals surface area contributed by atoms with Crippen LogP contribution in [0.4, 0.5) is 5.69 Å². The molecule has 1 aliphatic rings. The van der Waals surface area contributed by atoms with E-state index in [1.165, 1.54) is 22.7 Å². The number of amides is 1. The van der Waals surface area contributed by atoms with E-state index < -0.39 is 4.92 Å². The molecule has 0 saturated carbocycles. The zero-order valence-electron chi connectivity index (χ0n) is 10.6. The highest BCUT2D eigenvalue weighted by Gasteiger charge is 2.29. The highest BCUT2D eigenvalue weighted by molar-refractivity contribution is 8.13. The molecule has 0 N–H and O–H groups in total. The van der Waals surface area contributed by atoms with Crippen molar-refractivity contribution in [2.75, 3.05) is 19.3 Å². The molecular formula is C12H13N3O3S. The normalized spacial score (nSPS) is 14.4.